The summed E-state index contributed by atoms with van der Waals surface area (Å²) < 4.78 is 28.3. The Morgan fingerprint density at radius 1 is 1.25 bits per heavy atom. The van der Waals surface area contributed by atoms with Gasteiger partial charge < -0.3 is 9.08 Å². The summed E-state index contributed by atoms with van der Waals surface area (Å²) >= 11 is 0. The molecule has 0 aliphatic heterocycles. The van der Waals surface area contributed by atoms with Crippen LogP contribution in [0.25, 0.3) is 0 Å². The Balaban J connectivity index is 3.05. The number of rotatable bonds is 7. The Labute approximate surface area is 146 Å². The van der Waals surface area contributed by atoms with Crippen LogP contribution >= 0.6 is 0 Å². The van der Waals surface area contributed by atoms with Gasteiger partial charge in [0, 0.05) is 18.0 Å². The zero-order chi connectivity index (χ0) is 18.5. The summed E-state index contributed by atoms with van der Waals surface area (Å²) in [5.41, 5.74) is 0.375. The molecule has 1 amide bonds. The summed E-state index contributed by atoms with van der Waals surface area (Å²) in [5, 5.41) is 0. The molecule has 0 bridgehead atoms. The number of hydrogen-bond acceptors (Lipinski definition) is 4. The summed E-state index contributed by atoms with van der Waals surface area (Å²) in [6.07, 6.45) is 0.849. The first kappa shape index (κ1) is 20.5. The first-order valence-electron chi connectivity index (χ1n) is 8.32. The van der Waals surface area contributed by atoms with Crippen molar-refractivity contribution >= 4 is 16.0 Å². The molecule has 0 spiro atoms. The topological polar surface area (TPSA) is 63.7 Å². The van der Waals surface area contributed by atoms with Crippen molar-refractivity contribution in [1.82, 2.24) is 4.90 Å². The van der Waals surface area contributed by atoms with Crippen molar-refractivity contribution in [1.29, 1.82) is 0 Å². The predicted octanol–water partition coefficient (Wildman–Crippen LogP) is 3.59. The number of benzene rings is 1. The average Bonchev–Trinajstić information content (AvgIpc) is 2.50. The lowest BCUT2D eigenvalue weighted by Crippen LogP contribution is -2.44. The molecule has 1 unspecified atom stereocenters. The minimum atomic E-state index is -3.56. The monoisotopic (exact) mass is 355 g/mol. The van der Waals surface area contributed by atoms with E-state index in [-0.39, 0.29) is 23.5 Å². The molecule has 0 saturated carbocycles. The van der Waals surface area contributed by atoms with E-state index in [2.05, 4.69) is 0 Å². The Hall–Kier alpha value is -1.56. The highest BCUT2D eigenvalue weighted by molar-refractivity contribution is 7.87. The minimum absolute atomic E-state index is 0.0735. The van der Waals surface area contributed by atoms with Crippen LogP contribution in [0.1, 0.15) is 53.5 Å². The molecule has 0 radical (unpaired) electrons. The molecule has 0 saturated heterocycles. The van der Waals surface area contributed by atoms with E-state index in [1.807, 2.05) is 45.6 Å². The second-order valence-electron chi connectivity index (χ2n) is 7.02. The Kier molecular flexibility index (Phi) is 6.84. The van der Waals surface area contributed by atoms with Gasteiger partial charge in [0.15, 0.2) is 0 Å². The second-order valence-corrected chi connectivity index (χ2v) is 8.88. The van der Waals surface area contributed by atoms with Gasteiger partial charge in [-0.05, 0) is 38.0 Å². The van der Waals surface area contributed by atoms with Crippen LogP contribution in [0.4, 0.5) is 0 Å². The van der Waals surface area contributed by atoms with Gasteiger partial charge in [-0.15, -0.1) is 0 Å². The van der Waals surface area contributed by atoms with E-state index in [9.17, 15) is 13.2 Å². The van der Waals surface area contributed by atoms with Gasteiger partial charge >= 0.3 is 10.1 Å². The lowest BCUT2D eigenvalue weighted by atomic mass is 9.93. The van der Waals surface area contributed by atoms with Gasteiger partial charge in [0.2, 0.25) is 5.91 Å². The largest absolute Gasteiger partial charge is 0.382 e. The molecule has 1 atom stereocenters. The van der Waals surface area contributed by atoms with Crippen molar-refractivity contribution in [2.45, 2.75) is 60.5 Å². The summed E-state index contributed by atoms with van der Waals surface area (Å²) in [4.78, 5) is 14.6. The van der Waals surface area contributed by atoms with Crippen molar-refractivity contribution in [2.75, 3.05) is 5.75 Å². The van der Waals surface area contributed by atoms with Gasteiger partial charge in [-0.3, -0.25) is 4.79 Å². The minimum Gasteiger partial charge on any atom is -0.382 e. The number of hydrogen-bond donors (Lipinski definition) is 0. The molecule has 0 N–H and O–H groups in total. The third-order valence-corrected chi connectivity index (χ3v) is 5.01. The maximum absolute atomic E-state index is 12.7. The van der Waals surface area contributed by atoms with E-state index in [1.165, 1.54) is 6.92 Å². The van der Waals surface area contributed by atoms with Gasteiger partial charge in [-0.25, -0.2) is 0 Å². The molecule has 1 rings (SSSR count). The van der Waals surface area contributed by atoms with Crippen molar-refractivity contribution < 1.29 is 17.4 Å². The lowest BCUT2D eigenvalue weighted by Gasteiger charge is -2.34. The average molecular weight is 356 g/mol. The fourth-order valence-electron chi connectivity index (χ4n) is 2.18. The Morgan fingerprint density at radius 2 is 1.88 bits per heavy atom. The molecule has 6 heteroatoms. The molecule has 0 aromatic heterocycles. The molecule has 0 aliphatic rings. The molecule has 0 fully saturated rings. The third-order valence-electron chi connectivity index (χ3n) is 3.85. The zero-order valence-corrected chi connectivity index (χ0v) is 16.3. The first-order chi connectivity index (χ1) is 11.0. The Morgan fingerprint density at radius 3 is 2.38 bits per heavy atom. The third kappa shape index (κ3) is 5.82. The molecule has 24 heavy (non-hydrogen) atoms. The van der Waals surface area contributed by atoms with E-state index in [1.54, 1.807) is 18.2 Å². The van der Waals surface area contributed by atoms with Crippen LogP contribution in [0.15, 0.2) is 24.3 Å². The number of carbonyl (C=O) groups is 1. The number of nitrogens with zero attached hydrogens (tertiary/aromatic N) is 1. The highest BCUT2D eigenvalue weighted by Gasteiger charge is 2.29. The molecule has 5 nitrogen and oxygen atoms in total. The van der Waals surface area contributed by atoms with Crippen LogP contribution in [-0.2, 0) is 21.5 Å². The molecule has 1 aromatic carbocycles. The summed E-state index contributed by atoms with van der Waals surface area (Å²) in [6.45, 7) is 11.7. The SMILES string of the molecule is CCC(C)N(Cc1cccc(OS(=O)(=O)CC)c1)C(=O)C(C)(C)C. The highest BCUT2D eigenvalue weighted by atomic mass is 32.2. The van der Waals surface area contributed by atoms with Crippen molar-refractivity contribution in [3.8, 4) is 5.75 Å². The Bertz CT molecular complexity index is 662. The fraction of sp³-hybridized carbons (Fsp3) is 0.611. The second kappa shape index (κ2) is 8.01. The standard InChI is InChI=1S/C18H29NO4S/c1-7-14(3)19(17(20)18(4,5)6)13-15-10-9-11-16(12-15)23-24(21,22)8-2/h9-12,14H,7-8,13H2,1-6H3. The smallest absolute Gasteiger partial charge is 0.308 e. The molecule has 1 aromatic rings. The molecular formula is C18H29NO4S. The first-order valence-corrected chi connectivity index (χ1v) is 9.90. The molecular weight excluding hydrogens is 326 g/mol. The van der Waals surface area contributed by atoms with E-state index in [0.29, 0.717) is 6.54 Å². The fourth-order valence-corrected chi connectivity index (χ4v) is 2.69. The van der Waals surface area contributed by atoms with Gasteiger partial charge in [0.25, 0.3) is 0 Å². The zero-order valence-electron chi connectivity index (χ0n) is 15.5. The van der Waals surface area contributed by atoms with Crippen molar-refractivity contribution in [2.24, 2.45) is 5.41 Å². The van der Waals surface area contributed by atoms with Crippen LogP contribution in [0.3, 0.4) is 0 Å². The number of amides is 1. The summed E-state index contributed by atoms with van der Waals surface area (Å²) in [6, 6.07) is 7.00. The normalized spacial score (nSPS) is 13.4. The van der Waals surface area contributed by atoms with Crippen LogP contribution < -0.4 is 4.18 Å². The van der Waals surface area contributed by atoms with Gasteiger partial charge in [0.05, 0.1) is 5.75 Å². The highest BCUT2D eigenvalue weighted by Crippen LogP contribution is 2.24. The van der Waals surface area contributed by atoms with Crippen LogP contribution in [0.5, 0.6) is 5.75 Å². The lowest BCUT2D eigenvalue weighted by molar-refractivity contribution is -0.142. The van der Waals surface area contributed by atoms with Crippen LogP contribution in [0.2, 0.25) is 0 Å². The maximum Gasteiger partial charge on any atom is 0.308 e. The van der Waals surface area contributed by atoms with Gasteiger partial charge in [0.1, 0.15) is 5.75 Å². The summed E-state index contributed by atoms with van der Waals surface area (Å²) in [5.74, 6) is 0.268. The van der Waals surface area contributed by atoms with E-state index in [0.717, 1.165) is 12.0 Å². The summed E-state index contributed by atoms with van der Waals surface area (Å²) in [7, 11) is -3.56. The molecule has 0 aliphatic carbocycles. The van der Waals surface area contributed by atoms with E-state index < -0.39 is 15.5 Å². The van der Waals surface area contributed by atoms with Gasteiger partial charge in [-0.1, -0.05) is 39.8 Å². The molecule has 0 heterocycles. The number of carbonyl (C=O) groups excluding carboxylic acids is 1. The molecule has 136 valence electrons. The maximum atomic E-state index is 12.7. The van der Waals surface area contributed by atoms with Gasteiger partial charge in [-0.2, -0.15) is 8.42 Å². The predicted molar refractivity (Wildman–Crippen MR) is 96.3 cm³/mol. The quantitative estimate of drug-likeness (QED) is 0.701. The van der Waals surface area contributed by atoms with Crippen molar-refractivity contribution in [3.05, 3.63) is 29.8 Å². The van der Waals surface area contributed by atoms with E-state index in [4.69, 9.17) is 4.18 Å². The van der Waals surface area contributed by atoms with Crippen LogP contribution in [-0.4, -0.2) is 31.0 Å². The van der Waals surface area contributed by atoms with Crippen LogP contribution in [0, 0.1) is 5.41 Å². The van der Waals surface area contributed by atoms with Crippen molar-refractivity contribution in [3.63, 3.8) is 0 Å². The van der Waals surface area contributed by atoms with E-state index >= 15 is 0 Å².